The van der Waals surface area contributed by atoms with Gasteiger partial charge in [-0.15, -0.1) is 0 Å². The highest BCUT2D eigenvalue weighted by Crippen LogP contribution is 2.38. The molecule has 0 aliphatic heterocycles. The molecule has 3 aromatic carbocycles. The van der Waals surface area contributed by atoms with Crippen molar-refractivity contribution >= 4 is 29.3 Å². The summed E-state index contributed by atoms with van der Waals surface area (Å²) in [6, 6.07) is 15.1. The Morgan fingerprint density at radius 2 is 1.76 bits per heavy atom. The van der Waals surface area contributed by atoms with E-state index in [4.69, 9.17) is 16.7 Å². The van der Waals surface area contributed by atoms with E-state index in [1.54, 1.807) is 61.3 Å². The second-order valence-electron chi connectivity index (χ2n) is 8.48. The quantitative estimate of drug-likeness (QED) is 0.304. The first-order valence-electron chi connectivity index (χ1n) is 11.1. The van der Waals surface area contributed by atoms with Gasteiger partial charge in [0, 0.05) is 24.7 Å². The molecule has 0 radical (unpaired) electrons. The number of rotatable bonds is 7. The fourth-order valence-electron chi connectivity index (χ4n) is 3.90. The van der Waals surface area contributed by atoms with Gasteiger partial charge in [-0.05, 0) is 60.5 Å². The van der Waals surface area contributed by atoms with Crippen LogP contribution in [-0.4, -0.2) is 48.4 Å². The van der Waals surface area contributed by atoms with Gasteiger partial charge in [-0.2, -0.15) is 13.2 Å². The number of aliphatic imine (C=N–C) groups is 1. The fraction of sp³-hybridized carbons (Fsp3) is 0.222. The van der Waals surface area contributed by atoms with E-state index >= 15 is 0 Å². The molecule has 0 aromatic heterocycles. The molecule has 0 saturated carbocycles. The summed E-state index contributed by atoms with van der Waals surface area (Å²) in [5, 5.41) is 11.7. The molecule has 10 heteroatoms. The van der Waals surface area contributed by atoms with Crippen molar-refractivity contribution in [3.05, 3.63) is 93.5 Å². The minimum absolute atomic E-state index is 0.0157. The molecule has 0 fully saturated rings. The predicted molar refractivity (Wildman–Crippen MR) is 137 cm³/mol. The number of amidine groups is 1. The van der Waals surface area contributed by atoms with Gasteiger partial charge < -0.3 is 10.4 Å². The zero-order chi connectivity index (χ0) is 27.3. The van der Waals surface area contributed by atoms with Crippen LogP contribution in [-0.2, 0) is 17.5 Å². The van der Waals surface area contributed by atoms with Crippen LogP contribution in [0.4, 0.5) is 13.2 Å². The second kappa shape index (κ2) is 11.6. The monoisotopic (exact) mass is 531 g/mol. The van der Waals surface area contributed by atoms with E-state index in [1.165, 1.54) is 19.2 Å². The van der Waals surface area contributed by atoms with Crippen molar-refractivity contribution in [3.8, 4) is 11.1 Å². The molecule has 6 nitrogen and oxygen atoms in total. The number of aryl methyl sites for hydroxylation is 1. The third-order valence-electron chi connectivity index (χ3n) is 5.62. The van der Waals surface area contributed by atoms with E-state index in [2.05, 4.69) is 10.3 Å². The summed E-state index contributed by atoms with van der Waals surface area (Å²) in [5.74, 6) is -1.66. The van der Waals surface area contributed by atoms with Crippen LogP contribution >= 0.6 is 11.6 Å². The highest BCUT2D eigenvalue weighted by Gasteiger charge is 2.35. The van der Waals surface area contributed by atoms with Crippen LogP contribution in [0.2, 0.25) is 5.02 Å². The van der Waals surface area contributed by atoms with Gasteiger partial charge in [0.05, 0.1) is 17.1 Å². The molecule has 0 unspecified atom stereocenters. The Hall–Kier alpha value is -3.69. The maximum atomic E-state index is 13.9. The van der Waals surface area contributed by atoms with E-state index in [9.17, 15) is 22.8 Å². The molecule has 3 aromatic rings. The first-order valence-corrected chi connectivity index (χ1v) is 11.5. The third kappa shape index (κ3) is 6.96. The zero-order valence-electron chi connectivity index (χ0n) is 20.4. The second-order valence-corrected chi connectivity index (χ2v) is 8.89. The number of carboxylic acids is 1. The van der Waals surface area contributed by atoms with Crippen LogP contribution in [0.5, 0.6) is 0 Å². The number of benzene rings is 3. The number of aliphatic carboxylic acids is 1. The standard InChI is InChI=1S/C27H25ClF3N3O3/c1-16-6-4-5-7-19(16)20-11-9-18(13-22(20)27(29,30)31)26(37)33-25(32-2)21-10-8-17(12-23(21)28)14-34(3)15-24(35)36/h4-13H,14-15H2,1-3H3,(H,35,36)(H,32,33,37). The zero-order valence-corrected chi connectivity index (χ0v) is 21.1. The summed E-state index contributed by atoms with van der Waals surface area (Å²) in [4.78, 5) is 29.4. The highest BCUT2D eigenvalue weighted by molar-refractivity contribution is 6.34. The van der Waals surface area contributed by atoms with Crippen LogP contribution in [0, 0.1) is 6.92 Å². The van der Waals surface area contributed by atoms with Crippen molar-refractivity contribution in [1.82, 2.24) is 10.2 Å². The largest absolute Gasteiger partial charge is 0.480 e. The lowest BCUT2D eigenvalue weighted by Gasteiger charge is -2.17. The molecule has 0 bridgehead atoms. The van der Waals surface area contributed by atoms with Crippen molar-refractivity contribution in [2.45, 2.75) is 19.6 Å². The van der Waals surface area contributed by atoms with E-state index in [0.29, 0.717) is 23.2 Å². The Morgan fingerprint density at radius 3 is 2.35 bits per heavy atom. The summed E-state index contributed by atoms with van der Waals surface area (Å²) in [6.45, 7) is 1.89. The van der Waals surface area contributed by atoms with Gasteiger partial charge in [0.1, 0.15) is 5.84 Å². The lowest BCUT2D eigenvalue weighted by molar-refractivity contribution is -0.138. The van der Waals surface area contributed by atoms with Gasteiger partial charge in [0.15, 0.2) is 0 Å². The van der Waals surface area contributed by atoms with Gasteiger partial charge in [0.2, 0.25) is 0 Å². The van der Waals surface area contributed by atoms with Crippen molar-refractivity contribution in [2.75, 3.05) is 20.6 Å². The van der Waals surface area contributed by atoms with Crippen molar-refractivity contribution < 1.29 is 27.9 Å². The lowest BCUT2D eigenvalue weighted by Crippen LogP contribution is -2.32. The van der Waals surface area contributed by atoms with Crippen molar-refractivity contribution in [3.63, 3.8) is 0 Å². The number of alkyl halides is 3. The molecule has 1 amide bonds. The number of carbonyl (C=O) groups excluding carboxylic acids is 1. The number of hydrogen-bond acceptors (Lipinski definition) is 4. The molecule has 0 atom stereocenters. The minimum atomic E-state index is -4.68. The van der Waals surface area contributed by atoms with Crippen LogP contribution < -0.4 is 5.32 Å². The Morgan fingerprint density at radius 1 is 1.05 bits per heavy atom. The lowest BCUT2D eigenvalue weighted by atomic mass is 9.94. The molecule has 3 rings (SSSR count). The number of likely N-dealkylation sites (N-methyl/N-ethyl adjacent to an activating group) is 1. The Bertz CT molecular complexity index is 1360. The number of hydrogen-bond donors (Lipinski definition) is 2. The summed E-state index contributed by atoms with van der Waals surface area (Å²) in [7, 11) is 3.07. The number of nitrogens with zero attached hydrogens (tertiary/aromatic N) is 2. The molecule has 2 N–H and O–H groups in total. The maximum Gasteiger partial charge on any atom is 0.417 e. The van der Waals surface area contributed by atoms with Crippen LogP contribution in [0.3, 0.4) is 0 Å². The first kappa shape index (κ1) is 27.9. The molecule has 0 aliphatic rings. The average molecular weight is 532 g/mol. The first-order chi connectivity index (χ1) is 17.4. The molecular weight excluding hydrogens is 507 g/mol. The highest BCUT2D eigenvalue weighted by atomic mass is 35.5. The number of carboxylic acid groups (broad SMARTS) is 1. The van der Waals surface area contributed by atoms with E-state index in [0.717, 1.165) is 11.6 Å². The Balaban J connectivity index is 1.87. The Kier molecular flexibility index (Phi) is 8.73. The molecular formula is C27H25ClF3N3O3. The summed E-state index contributed by atoms with van der Waals surface area (Å²) in [5.41, 5.74) is 1.09. The van der Waals surface area contributed by atoms with Gasteiger partial charge >= 0.3 is 12.1 Å². The number of amides is 1. The number of halogens is 4. The predicted octanol–water partition coefficient (Wildman–Crippen LogP) is 5.66. The van der Waals surface area contributed by atoms with Gasteiger partial charge in [-0.3, -0.25) is 19.5 Å². The van der Waals surface area contributed by atoms with E-state index in [1.807, 2.05) is 0 Å². The topological polar surface area (TPSA) is 82.0 Å². The molecule has 194 valence electrons. The van der Waals surface area contributed by atoms with E-state index < -0.39 is 23.6 Å². The average Bonchev–Trinajstić information content (AvgIpc) is 2.81. The third-order valence-corrected chi connectivity index (χ3v) is 5.94. The summed E-state index contributed by atoms with van der Waals surface area (Å²) < 4.78 is 41.8. The molecule has 0 saturated heterocycles. The van der Waals surface area contributed by atoms with Crippen LogP contribution in [0.1, 0.15) is 32.6 Å². The molecule has 37 heavy (non-hydrogen) atoms. The molecule has 0 spiro atoms. The Labute approximate surface area is 217 Å². The number of nitrogens with one attached hydrogen (secondary N) is 1. The smallest absolute Gasteiger partial charge is 0.417 e. The van der Waals surface area contributed by atoms with E-state index in [-0.39, 0.29) is 28.5 Å². The summed E-state index contributed by atoms with van der Waals surface area (Å²) >= 11 is 6.39. The van der Waals surface area contributed by atoms with Crippen molar-refractivity contribution in [2.24, 2.45) is 4.99 Å². The number of carbonyl (C=O) groups is 2. The van der Waals surface area contributed by atoms with Gasteiger partial charge in [-0.25, -0.2) is 0 Å². The SMILES string of the molecule is CN=C(NC(=O)c1ccc(-c2ccccc2C)c(C(F)(F)F)c1)c1ccc(CN(C)CC(=O)O)cc1Cl. The molecule has 0 heterocycles. The molecule has 0 aliphatic carbocycles. The van der Waals surface area contributed by atoms with Crippen LogP contribution in [0.15, 0.2) is 65.7 Å². The van der Waals surface area contributed by atoms with Gasteiger partial charge in [0.25, 0.3) is 5.91 Å². The maximum absolute atomic E-state index is 13.9. The van der Waals surface area contributed by atoms with Gasteiger partial charge in [-0.1, -0.05) is 48.0 Å². The van der Waals surface area contributed by atoms with Crippen LogP contribution in [0.25, 0.3) is 11.1 Å². The minimum Gasteiger partial charge on any atom is -0.480 e. The van der Waals surface area contributed by atoms with Crippen molar-refractivity contribution in [1.29, 1.82) is 0 Å². The fourth-order valence-corrected chi connectivity index (χ4v) is 4.19. The normalized spacial score (nSPS) is 12.1. The summed E-state index contributed by atoms with van der Waals surface area (Å²) in [6.07, 6.45) is -4.68.